The summed E-state index contributed by atoms with van der Waals surface area (Å²) in [6.45, 7) is 5.98. The lowest BCUT2D eigenvalue weighted by Crippen LogP contribution is -2.54. The molecule has 1 aromatic carbocycles. The van der Waals surface area contributed by atoms with Crippen LogP contribution < -0.4 is 20.1 Å². The van der Waals surface area contributed by atoms with E-state index in [1.165, 1.54) is 10.6 Å². The maximum Gasteiger partial charge on any atom is 0.586 e. The van der Waals surface area contributed by atoms with Gasteiger partial charge in [-0.15, -0.1) is 8.78 Å². The third kappa shape index (κ3) is 4.04. The number of fused-ring (bicyclic) bond motifs is 2. The molecule has 1 saturated heterocycles. The van der Waals surface area contributed by atoms with Gasteiger partial charge in [0.25, 0.3) is 0 Å². The number of halogens is 2. The Morgan fingerprint density at radius 2 is 1.97 bits per heavy atom. The van der Waals surface area contributed by atoms with Gasteiger partial charge in [-0.1, -0.05) is 13.0 Å². The minimum Gasteiger partial charge on any atom is -0.395 e. The number of rotatable bonds is 4. The van der Waals surface area contributed by atoms with Gasteiger partial charge in [-0.3, -0.25) is 9.47 Å². The SMILES string of the molecule is CCC1CN(C(C)c2ccc3c(c2)OC(F)(F)O3)CCN1c1nc(=O)n(C)c2ccc(C#N)nc12. The van der Waals surface area contributed by atoms with Crippen LogP contribution in [0.3, 0.4) is 0 Å². The molecule has 1 fully saturated rings. The van der Waals surface area contributed by atoms with Crippen LogP contribution in [0, 0.1) is 11.3 Å². The second-order valence-electron chi connectivity index (χ2n) is 8.75. The molecule has 0 radical (unpaired) electrons. The Labute approximate surface area is 200 Å². The summed E-state index contributed by atoms with van der Waals surface area (Å²) in [6, 6.07) is 10.2. The van der Waals surface area contributed by atoms with E-state index in [0.717, 1.165) is 12.0 Å². The highest BCUT2D eigenvalue weighted by Gasteiger charge is 2.43. The predicted molar refractivity (Wildman–Crippen MR) is 124 cm³/mol. The molecule has 182 valence electrons. The fourth-order valence-electron chi connectivity index (χ4n) is 4.77. The third-order valence-electron chi connectivity index (χ3n) is 6.76. The predicted octanol–water partition coefficient (Wildman–Crippen LogP) is 3.18. The summed E-state index contributed by atoms with van der Waals surface area (Å²) in [5, 5.41) is 9.33. The van der Waals surface area contributed by atoms with E-state index in [-0.39, 0.29) is 35.0 Å². The van der Waals surface area contributed by atoms with E-state index in [9.17, 15) is 18.8 Å². The number of hydrogen-bond acceptors (Lipinski definition) is 8. The van der Waals surface area contributed by atoms with Crippen molar-refractivity contribution in [3.63, 3.8) is 0 Å². The number of pyridine rings is 1. The molecular formula is C24H24F2N6O3. The van der Waals surface area contributed by atoms with Crippen LogP contribution >= 0.6 is 0 Å². The zero-order valence-electron chi connectivity index (χ0n) is 19.5. The molecule has 2 aromatic heterocycles. The van der Waals surface area contributed by atoms with Crippen LogP contribution in [0.4, 0.5) is 14.6 Å². The number of hydrogen-bond donors (Lipinski definition) is 0. The number of nitriles is 1. The molecule has 0 N–H and O–H groups in total. The summed E-state index contributed by atoms with van der Waals surface area (Å²) < 4.78 is 37.4. The Kier molecular flexibility index (Phi) is 5.56. The van der Waals surface area contributed by atoms with E-state index in [2.05, 4.69) is 42.2 Å². The topological polar surface area (TPSA) is 96.5 Å². The lowest BCUT2D eigenvalue weighted by Gasteiger charge is -2.44. The molecule has 2 aliphatic heterocycles. The molecule has 0 aliphatic carbocycles. The van der Waals surface area contributed by atoms with Crippen molar-refractivity contribution in [1.82, 2.24) is 19.4 Å². The zero-order chi connectivity index (χ0) is 24.9. The molecule has 4 heterocycles. The maximum atomic E-state index is 13.4. The van der Waals surface area contributed by atoms with Gasteiger partial charge in [-0.2, -0.15) is 10.2 Å². The van der Waals surface area contributed by atoms with Crippen LogP contribution in [-0.4, -0.2) is 51.4 Å². The number of ether oxygens (including phenoxy) is 2. The minimum absolute atomic E-state index is 0.0232. The minimum atomic E-state index is -3.65. The van der Waals surface area contributed by atoms with Gasteiger partial charge in [0.2, 0.25) is 0 Å². The molecule has 3 aromatic rings. The highest BCUT2D eigenvalue weighted by atomic mass is 19.3. The first-order chi connectivity index (χ1) is 16.7. The number of nitrogens with zero attached hydrogens (tertiary/aromatic N) is 6. The molecule has 2 unspecified atom stereocenters. The van der Waals surface area contributed by atoms with Gasteiger partial charge < -0.3 is 14.4 Å². The summed E-state index contributed by atoms with van der Waals surface area (Å²) in [6.07, 6.45) is -2.86. The van der Waals surface area contributed by atoms with E-state index < -0.39 is 6.29 Å². The van der Waals surface area contributed by atoms with Crippen molar-refractivity contribution >= 4 is 16.9 Å². The molecule has 2 atom stereocenters. The largest absolute Gasteiger partial charge is 0.586 e. The van der Waals surface area contributed by atoms with Crippen LogP contribution in [-0.2, 0) is 7.05 Å². The quantitative estimate of drug-likeness (QED) is 0.560. The number of piperazine rings is 1. The molecular weight excluding hydrogens is 458 g/mol. The number of alkyl halides is 2. The molecule has 11 heteroatoms. The first-order valence-corrected chi connectivity index (χ1v) is 11.4. The normalized spacial score (nSPS) is 20.1. The molecule has 35 heavy (non-hydrogen) atoms. The van der Waals surface area contributed by atoms with Crippen LogP contribution in [0.25, 0.3) is 11.0 Å². The monoisotopic (exact) mass is 482 g/mol. The molecule has 2 aliphatic rings. The number of aryl methyl sites for hydroxylation is 1. The smallest absolute Gasteiger partial charge is 0.395 e. The fraction of sp³-hybridized carbons (Fsp3) is 0.417. The number of benzene rings is 1. The summed E-state index contributed by atoms with van der Waals surface area (Å²) in [5.74, 6) is 0.528. The van der Waals surface area contributed by atoms with E-state index in [1.807, 2.05) is 6.92 Å². The van der Waals surface area contributed by atoms with Gasteiger partial charge in [-0.05, 0) is 43.2 Å². The molecule has 5 rings (SSSR count). The number of aromatic nitrogens is 3. The molecule has 0 amide bonds. The Hall–Kier alpha value is -3.78. The highest BCUT2D eigenvalue weighted by molar-refractivity contribution is 5.86. The van der Waals surface area contributed by atoms with Gasteiger partial charge in [0.1, 0.15) is 17.3 Å². The van der Waals surface area contributed by atoms with E-state index in [0.29, 0.717) is 36.5 Å². The van der Waals surface area contributed by atoms with E-state index in [1.54, 1.807) is 31.3 Å². The van der Waals surface area contributed by atoms with E-state index >= 15 is 0 Å². The van der Waals surface area contributed by atoms with Crippen molar-refractivity contribution in [2.75, 3.05) is 24.5 Å². The first kappa shape index (κ1) is 23.0. The average Bonchev–Trinajstić information content (AvgIpc) is 3.18. The Bertz CT molecular complexity index is 1400. The Morgan fingerprint density at radius 3 is 2.71 bits per heavy atom. The molecule has 0 saturated carbocycles. The zero-order valence-corrected chi connectivity index (χ0v) is 19.5. The van der Waals surface area contributed by atoms with Crippen molar-refractivity contribution < 1.29 is 18.3 Å². The summed E-state index contributed by atoms with van der Waals surface area (Å²) in [5.41, 5.74) is 1.84. The summed E-state index contributed by atoms with van der Waals surface area (Å²) >= 11 is 0. The van der Waals surface area contributed by atoms with Gasteiger partial charge >= 0.3 is 12.0 Å². The van der Waals surface area contributed by atoms with Crippen LogP contribution in [0.1, 0.15) is 37.6 Å². The fourth-order valence-corrected chi connectivity index (χ4v) is 4.77. The molecule has 9 nitrogen and oxygen atoms in total. The summed E-state index contributed by atoms with van der Waals surface area (Å²) in [4.78, 5) is 25.7. The van der Waals surface area contributed by atoms with Gasteiger partial charge in [0.05, 0.1) is 5.52 Å². The lowest BCUT2D eigenvalue weighted by atomic mass is 10.0. The van der Waals surface area contributed by atoms with E-state index in [4.69, 9.17) is 0 Å². The second kappa shape index (κ2) is 8.46. The molecule has 0 bridgehead atoms. The standard InChI is InChI=1S/C24H24F2N6O3/c1-4-17-13-31(14(2)15-5-8-19-20(11-15)35-24(25,26)34-19)9-10-32(17)22-21-18(30(3)23(33)29-22)7-6-16(12-27)28-21/h5-8,11,14,17H,4,9-10,13H2,1-3H3. The Balaban J connectivity index is 1.43. The van der Waals surface area contributed by atoms with Crippen LogP contribution in [0.5, 0.6) is 11.5 Å². The maximum absolute atomic E-state index is 13.4. The van der Waals surface area contributed by atoms with Crippen molar-refractivity contribution in [2.24, 2.45) is 7.05 Å². The van der Waals surface area contributed by atoms with Crippen molar-refractivity contribution in [1.29, 1.82) is 5.26 Å². The first-order valence-electron chi connectivity index (χ1n) is 11.4. The van der Waals surface area contributed by atoms with Crippen molar-refractivity contribution in [2.45, 2.75) is 38.6 Å². The highest BCUT2D eigenvalue weighted by Crippen LogP contribution is 2.42. The van der Waals surface area contributed by atoms with Crippen LogP contribution in [0.2, 0.25) is 0 Å². The van der Waals surface area contributed by atoms with Gasteiger partial charge in [-0.25, -0.2) is 9.78 Å². The van der Waals surface area contributed by atoms with Crippen molar-refractivity contribution in [3.05, 3.63) is 52.1 Å². The van der Waals surface area contributed by atoms with Gasteiger partial charge in [0, 0.05) is 38.8 Å². The lowest BCUT2D eigenvalue weighted by molar-refractivity contribution is -0.286. The average molecular weight is 482 g/mol. The second-order valence-corrected chi connectivity index (χ2v) is 8.75. The number of anilines is 1. The molecule has 0 spiro atoms. The van der Waals surface area contributed by atoms with Gasteiger partial charge in [0.15, 0.2) is 17.3 Å². The third-order valence-corrected chi connectivity index (χ3v) is 6.76. The van der Waals surface area contributed by atoms with Crippen molar-refractivity contribution in [3.8, 4) is 17.6 Å². The van der Waals surface area contributed by atoms with Crippen LogP contribution in [0.15, 0.2) is 35.1 Å². The Morgan fingerprint density at radius 1 is 1.20 bits per heavy atom. The summed E-state index contributed by atoms with van der Waals surface area (Å²) in [7, 11) is 1.63.